The van der Waals surface area contributed by atoms with E-state index < -0.39 is 5.91 Å². The maximum absolute atomic E-state index is 11.9. The van der Waals surface area contributed by atoms with Crippen molar-refractivity contribution in [2.75, 3.05) is 5.32 Å². The molecule has 0 aliphatic rings. The molecule has 2 N–H and O–H groups in total. The van der Waals surface area contributed by atoms with Crippen molar-refractivity contribution >= 4 is 11.7 Å². The van der Waals surface area contributed by atoms with Crippen LogP contribution in [0.15, 0.2) is 29.3 Å². The Morgan fingerprint density at radius 2 is 2.39 bits per heavy atom. The largest absolute Gasteiger partial charge is 0.329 e. The average molecular weight is 243 g/mol. The molecule has 2 aromatic rings. The third kappa shape index (κ3) is 2.12. The van der Waals surface area contributed by atoms with E-state index in [0.717, 1.165) is 0 Å². The van der Waals surface area contributed by atoms with Crippen LogP contribution in [0, 0.1) is 11.3 Å². The highest BCUT2D eigenvalue weighted by atomic mass is 16.2. The first-order valence-corrected chi connectivity index (χ1v) is 5.04. The normalized spacial score (nSPS) is 9.78. The second kappa shape index (κ2) is 4.55. The number of rotatable bonds is 2. The first-order chi connectivity index (χ1) is 8.61. The van der Waals surface area contributed by atoms with E-state index in [9.17, 15) is 9.59 Å². The van der Waals surface area contributed by atoms with Crippen LogP contribution in [0.4, 0.5) is 5.82 Å². The third-order valence-electron chi connectivity index (χ3n) is 2.33. The number of aromatic nitrogens is 3. The molecule has 1 amide bonds. The van der Waals surface area contributed by atoms with Gasteiger partial charge in [0, 0.05) is 24.9 Å². The van der Waals surface area contributed by atoms with E-state index in [1.54, 1.807) is 7.05 Å². The Morgan fingerprint density at radius 3 is 3.06 bits per heavy atom. The number of nitriles is 1. The fourth-order valence-electron chi connectivity index (χ4n) is 1.43. The molecule has 90 valence electrons. The Balaban J connectivity index is 2.30. The summed E-state index contributed by atoms with van der Waals surface area (Å²) in [7, 11) is 1.61. The molecule has 0 unspecified atom stereocenters. The summed E-state index contributed by atoms with van der Waals surface area (Å²) in [6, 6.07) is 4.57. The van der Waals surface area contributed by atoms with Crippen LogP contribution in [0.5, 0.6) is 0 Å². The molecule has 0 radical (unpaired) electrons. The van der Waals surface area contributed by atoms with E-state index in [0.29, 0.717) is 5.82 Å². The first kappa shape index (κ1) is 11.6. The van der Waals surface area contributed by atoms with E-state index in [-0.39, 0.29) is 16.7 Å². The molecule has 7 heteroatoms. The van der Waals surface area contributed by atoms with Crippen LogP contribution in [0.25, 0.3) is 0 Å². The van der Waals surface area contributed by atoms with Gasteiger partial charge in [-0.05, 0) is 6.07 Å². The topological polar surface area (TPSA) is 104 Å². The number of nitrogens with zero attached hydrogens (tertiary/aromatic N) is 3. The number of pyridine rings is 1. The van der Waals surface area contributed by atoms with Crippen molar-refractivity contribution in [3.63, 3.8) is 0 Å². The number of H-pyrrole nitrogens is 1. The Morgan fingerprint density at radius 1 is 1.61 bits per heavy atom. The maximum atomic E-state index is 11.9. The summed E-state index contributed by atoms with van der Waals surface area (Å²) < 4.78 is 1.38. The van der Waals surface area contributed by atoms with Gasteiger partial charge in [0.25, 0.3) is 5.91 Å². The molecule has 0 saturated heterocycles. The van der Waals surface area contributed by atoms with Gasteiger partial charge in [-0.25, -0.2) is 0 Å². The number of amides is 1. The summed E-state index contributed by atoms with van der Waals surface area (Å²) >= 11 is 0. The molecule has 18 heavy (non-hydrogen) atoms. The van der Waals surface area contributed by atoms with Gasteiger partial charge in [-0.2, -0.15) is 10.4 Å². The van der Waals surface area contributed by atoms with Gasteiger partial charge in [0.15, 0.2) is 0 Å². The van der Waals surface area contributed by atoms with Crippen LogP contribution < -0.4 is 10.9 Å². The summed E-state index contributed by atoms with van der Waals surface area (Å²) in [6.45, 7) is 0. The molecule has 0 saturated carbocycles. The highest BCUT2D eigenvalue weighted by Gasteiger charge is 2.13. The summed E-state index contributed by atoms with van der Waals surface area (Å²) in [5, 5.41) is 15.3. The van der Waals surface area contributed by atoms with Gasteiger partial charge >= 0.3 is 0 Å². The van der Waals surface area contributed by atoms with Gasteiger partial charge in [0.1, 0.15) is 17.5 Å². The standard InChI is InChI=1S/C11H9N5O2/c1-16-10(8(5-12)6-14-16)15-11(18)7-2-3-13-9(17)4-7/h2-4,6H,1H3,(H,13,17)(H,15,18). The van der Waals surface area contributed by atoms with Crippen molar-refractivity contribution in [3.05, 3.63) is 46.0 Å². The molecule has 2 rings (SSSR count). The predicted octanol–water partition coefficient (Wildman–Crippen LogP) is 0.232. The van der Waals surface area contributed by atoms with Crippen molar-refractivity contribution in [1.82, 2.24) is 14.8 Å². The summed E-state index contributed by atoms with van der Waals surface area (Å²) in [5.41, 5.74) is 0.104. The van der Waals surface area contributed by atoms with E-state index in [4.69, 9.17) is 5.26 Å². The van der Waals surface area contributed by atoms with Crippen molar-refractivity contribution in [2.45, 2.75) is 0 Å². The third-order valence-corrected chi connectivity index (χ3v) is 2.33. The van der Waals surface area contributed by atoms with Crippen LogP contribution in [-0.4, -0.2) is 20.7 Å². The zero-order chi connectivity index (χ0) is 13.1. The number of carbonyl (C=O) groups excluding carboxylic acids is 1. The molecular formula is C11H9N5O2. The fraction of sp³-hybridized carbons (Fsp3) is 0.0909. The number of hydrogen-bond donors (Lipinski definition) is 2. The monoisotopic (exact) mass is 243 g/mol. The second-order valence-electron chi connectivity index (χ2n) is 3.54. The summed E-state index contributed by atoms with van der Waals surface area (Å²) in [4.78, 5) is 25.4. The SMILES string of the molecule is Cn1ncc(C#N)c1NC(=O)c1cc[nH]c(=O)c1. The van der Waals surface area contributed by atoms with Crippen LogP contribution in [0.2, 0.25) is 0 Å². The minimum absolute atomic E-state index is 0.212. The molecule has 2 aromatic heterocycles. The number of anilines is 1. The average Bonchev–Trinajstić information content (AvgIpc) is 2.70. The summed E-state index contributed by atoms with van der Waals surface area (Å²) in [6.07, 6.45) is 2.74. The number of nitrogens with one attached hydrogen (secondary N) is 2. The van der Waals surface area contributed by atoms with Gasteiger partial charge in [0.2, 0.25) is 5.56 Å². The van der Waals surface area contributed by atoms with Crippen LogP contribution in [-0.2, 0) is 7.05 Å². The molecule has 0 aliphatic heterocycles. The van der Waals surface area contributed by atoms with Crippen molar-refractivity contribution in [3.8, 4) is 6.07 Å². The lowest BCUT2D eigenvalue weighted by Gasteiger charge is -2.05. The number of aromatic amines is 1. The van der Waals surface area contributed by atoms with Crippen molar-refractivity contribution < 1.29 is 4.79 Å². The Hall–Kier alpha value is -2.88. The van der Waals surface area contributed by atoms with E-state index in [2.05, 4.69) is 15.4 Å². The van der Waals surface area contributed by atoms with Crippen LogP contribution >= 0.6 is 0 Å². The van der Waals surface area contributed by atoms with E-state index in [1.807, 2.05) is 6.07 Å². The van der Waals surface area contributed by atoms with Gasteiger partial charge < -0.3 is 10.3 Å². The first-order valence-electron chi connectivity index (χ1n) is 5.04. The molecule has 0 fully saturated rings. The van der Waals surface area contributed by atoms with Crippen LogP contribution in [0.3, 0.4) is 0 Å². The van der Waals surface area contributed by atoms with Gasteiger partial charge in [-0.1, -0.05) is 0 Å². The zero-order valence-corrected chi connectivity index (χ0v) is 9.47. The lowest BCUT2D eigenvalue weighted by Crippen LogP contribution is -2.17. The molecule has 0 aliphatic carbocycles. The number of hydrogen-bond acceptors (Lipinski definition) is 4. The van der Waals surface area contributed by atoms with Gasteiger partial charge in [-0.3, -0.25) is 14.3 Å². The Bertz CT molecular complexity index is 692. The van der Waals surface area contributed by atoms with Crippen LogP contribution in [0.1, 0.15) is 15.9 Å². The minimum atomic E-state index is -0.471. The summed E-state index contributed by atoms with van der Waals surface area (Å²) in [5.74, 6) is -0.177. The second-order valence-corrected chi connectivity index (χ2v) is 3.54. The minimum Gasteiger partial charge on any atom is -0.329 e. The number of aryl methyl sites for hydroxylation is 1. The Kier molecular flexibility index (Phi) is 2.93. The highest BCUT2D eigenvalue weighted by Crippen LogP contribution is 2.13. The smallest absolute Gasteiger partial charge is 0.257 e. The lowest BCUT2D eigenvalue weighted by molar-refractivity contribution is 0.102. The van der Waals surface area contributed by atoms with Crippen molar-refractivity contribution in [1.29, 1.82) is 5.26 Å². The molecule has 7 nitrogen and oxygen atoms in total. The Labute approximate surface area is 102 Å². The molecule has 0 atom stereocenters. The quantitative estimate of drug-likeness (QED) is 0.787. The molecule has 0 bridgehead atoms. The van der Waals surface area contributed by atoms with E-state index in [1.165, 1.54) is 29.2 Å². The van der Waals surface area contributed by atoms with Crippen molar-refractivity contribution in [2.24, 2.45) is 7.05 Å². The number of carbonyl (C=O) groups is 1. The molecule has 2 heterocycles. The molecule has 0 spiro atoms. The highest BCUT2D eigenvalue weighted by molar-refractivity contribution is 6.04. The fourth-order valence-corrected chi connectivity index (χ4v) is 1.43. The maximum Gasteiger partial charge on any atom is 0.257 e. The van der Waals surface area contributed by atoms with Gasteiger partial charge in [-0.15, -0.1) is 0 Å². The molecular weight excluding hydrogens is 234 g/mol. The predicted molar refractivity (Wildman–Crippen MR) is 62.9 cm³/mol. The van der Waals surface area contributed by atoms with E-state index >= 15 is 0 Å². The zero-order valence-electron chi connectivity index (χ0n) is 9.47. The molecule has 0 aromatic carbocycles. The lowest BCUT2D eigenvalue weighted by atomic mass is 10.2. The van der Waals surface area contributed by atoms with Gasteiger partial charge in [0.05, 0.1) is 6.20 Å².